The maximum Gasteiger partial charge on any atom is 0.0916 e. The summed E-state index contributed by atoms with van der Waals surface area (Å²) < 4.78 is 5.81. The summed E-state index contributed by atoms with van der Waals surface area (Å²) in [5, 5.41) is 0. The maximum absolute atomic E-state index is 5.75. The molecule has 0 amide bonds. The number of alkyl halides is 2. The second-order valence-electron chi connectivity index (χ2n) is 4.90. The Morgan fingerprint density at radius 1 is 1.19 bits per heavy atom. The Balaban J connectivity index is 1.79. The van der Waals surface area contributed by atoms with Crippen molar-refractivity contribution in [1.82, 2.24) is 0 Å². The SMILES string of the molecule is CC1(C)[C@H](COCc2ccccc2)C1(Br)Br. The molecule has 0 heterocycles. The van der Waals surface area contributed by atoms with Crippen LogP contribution < -0.4 is 0 Å². The molecule has 88 valence electrons. The lowest BCUT2D eigenvalue weighted by Gasteiger charge is -2.04. The molecule has 0 N–H and O–H groups in total. The Kier molecular flexibility index (Phi) is 3.49. The third kappa shape index (κ3) is 2.22. The third-order valence-corrected chi connectivity index (χ3v) is 6.63. The van der Waals surface area contributed by atoms with Crippen LogP contribution in [-0.4, -0.2) is 9.84 Å². The van der Waals surface area contributed by atoms with Gasteiger partial charge in [0.15, 0.2) is 0 Å². The number of benzene rings is 1. The topological polar surface area (TPSA) is 9.23 Å². The summed E-state index contributed by atoms with van der Waals surface area (Å²) in [4.78, 5) is 0. The van der Waals surface area contributed by atoms with Gasteiger partial charge in [-0.05, 0) is 11.0 Å². The van der Waals surface area contributed by atoms with Gasteiger partial charge in [-0.25, -0.2) is 0 Å². The second kappa shape index (κ2) is 4.43. The molecule has 1 nitrogen and oxygen atoms in total. The third-order valence-electron chi connectivity index (χ3n) is 3.48. The van der Waals surface area contributed by atoms with Crippen LogP contribution in [-0.2, 0) is 11.3 Å². The molecule has 0 aliphatic heterocycles. The average molecular weight is 348 g/mol. The van der Waals surface area contributed by atoms with Crippen molar-refractivity contribution in [1.29, 1.82) is 0 Å². The summed E-state index contributed by atoms with van der Waals surface area (Å²) >= 11 is 7.39. The van der Waals surface area contributed by atoms with E-state index in [0.717, 1.165) is 6.61 Å². The van der Waals surface area contributed by atoms with Gasteiger partial charge in [-0.2, -0.15) is 0 Å². The molecule has 0 unspecified atom stereocenters. The van der Waals surface area contributed by atoms with Crippen LogP contribution in [0.15, 0.2) is 30.3 Å². The predicted molar refractivity (Wildman–Crippen MR) is 74.0 cm³/mol. The van der Waals surface area contributed by atoms with Crippen molar-refractivity contribution < 1.29 is 4.74 Å². The van der Waals surface area contributed by atoms with Crippen LogP contribution in [0.25, 0.3) is 0 Å². The van der Waals surface area contributed by atoms with Crippen LogP contribution in [0.2, 0.25) is 0 Å². The molecule has 0 bridgehead atoms. The number of hydrogen-bond acceptors (Lipinski definition) is 1. The van der Waals surface area contributed by atoms with E-state index in [0.29, 0.717) is 12.5 Å². The molecule has 1 aliphatic rings. The highest BCUT2D eigenvalue weighted by atomic mass is 79.9. The van der Waals surface area contributed by atoms with Crippen molar-refractivity contribution in [3.63, 3.8) is 0 Å². The van der Waals surface area contributed by atoms with Crippen LogP contribution in [0.5, 0.6) is 0 Å². The fourth-order valence-electron chi connectivity index (χ4n) is 1.94. The Bertz CT molecular complexity index is 345. The van der Waals surface area contributed by atoms with Gasteiger partial charge in [0.05, 0.1) is 16.4 Å². The van der Waals surface area contributed by atoms with Crippen molar-refractivity contribution in [3.05, 3.63) is 35.9 Å². The van der Waals surface area contributed by atoms with Crippen LogP contribution in [0, 0.1) is 11.3 Å². The lowest BCUT2D eigenvalue weighted by atomic mass is 10.1. The summed E-state index contributed by atoms with van der Waals surface area (Å²) in [6.07, 6.45) is 0. The molecule has 0 spiro atoms. The molecule has 16 heavy (non-hydrogen) atoms. The Hall–Kier alpha value is 0.140. The van der Waals surface area contributed by atoms with Gasteiger partial charge in [-0.3, -0.25) is 0 Å². The van der Waals surface area contributed by atoms with Crippen molar-refractivity contribution in [2.75, 3.05) is 6.61 Å². The van der Waals surface area contributed by atoms with Gasteiger partial charge in [0.1, 0.15) is 0 Å². The smallest absolute Gasteiger partial charge is 0.0916 e. The molecule has 0 radical (unpaired) electrons. The van der Waals surface area contributed by atoms with Gasteiger partial charge in [-0.15, -0.1) is 0 Å². The molecule has 1 aromatic rings. The number of rotatable bonds is 4. The van der Waals surface area contributed by atoms with E-state index in [1.807, 2.05) is 18.2 Å². The molecule has 3 heteroatoms. The molecular weight excluding hydrogens is 332 g/mol. The van der Waals surface area contributed by atoms with Crippen molar-refractivity contribution in [2.45, 2.75) is 23.7 Å². The zero-order chi connectivity index (χ0) is 11.8. The molecule has 1 aromatic carbocycles. The van der Waals surface area contributed by atoms with E-state index < -0.39 is 0 Å². The maximum atomic E-state index is 5.75. The van der Waals surface area contributed by atoms with Crippen LogP contribution in [0.1, 0.15) is 19.4 Å². The first kappa shape index (κ1) is 12.6. The molecule has 0 saturated heterocycles. The van der Waals surface area contributed by atoms with E-state index in [1.165, 1.54) is 5.56 Å². The summed E-state index contributed by atoms with van der Waals surface area (Å²) in [5.74, 6) is 0.531. The lowest BCUT2D eigenvalue weighted by Crippen LogP contribution is -2.02. The number of hydrogen-bond donors (Lipinski definition) is 0. The van der Waals surface area contributed by atoms with Crippen LogP contribution in [0.3, 0.4) is 0 Å². The summed E-state index contributed by atoms with van der Waals surface area (Å²) in [6, 6.07) is 10.3. The van der Waals surface area contributed by atoms with Gasteiger partial charge in [-0.1, -0.05) is 76.0 Å². The van der Waals surface area contributed by atoms with Crippen molar-refractivity contribution in [2.24, 2.45) is 11.3 Å². The summed E-state index contributed by atoms with van der Waals surface area (Å²) in [5.41, 5.74) is 1.50. The minimum Gasteiger partial charge on any atom is -0.376 e. The molecule has 1 fully saturated rings. The minimum atomic E-state index is 0.0592. The first-order valence-electron chi connectivity index (χ1n) is 5.46. The average Bonchev–Trinajstić information content (AvgIpc) is 2.62. The van der Waals surface area contributed by atoms with E-state index in [4.69, 9.17) is 4.74 Å². The van der Waals surface area contributed by atoms with Crippen LogP contribution in [0.4, 0.5) is 0 Å². The van der Waals surface area contributed by atoms with Gasteiger partial charge in [0.25, 0.3) is 0 Å². The fourth-order valence-corrected chi connectivity index (χ4v) is 3.67. The molecular formula is C13H16Br2O. The highest BCUT2D eigenvalue weighted by Gasteiger charge is 2.68. The molecule has 1 saturated carbocycles. The minimum absolute atomic E-state index is 0.0592. The standard InChI is InChI=1S/C13H16Br2O/c1-12(2)11(13(12,14)15)9-16-8-10-6-4-3-5-7-10/h3-7,11H,8-9H2,1-2H3/t11-/m0/s1. The van der Waals surface area contributed by atoms with Gasteiger partial charge < -0.3 is 4.74 Å². The zero-order valence-electron chi connectivity index (χ0n) is 9.54. The highest BCUT2D eigenvalue weighted by Crippen LogP contribution is 2.70. The Morgan fingerprint density at radius 2 is 1.75 bits per heavy atom. The summed E-state index contributed by atoms with van der Waals surface area (Å²) in [6.45, 7) is 5.97. The van der Waals surface area contributed by atoms with E-state index in [-0.39, 0.29) is 8.65 Å². The molecule has 2 rings (SSSR count). The van der Waals surface area contributed by atoms with E-state index >= 15 is 0 Å². The first-order chi connectivity index (χ1) is 7.46. The monoisotopic (exact) mass is 346 g/mol. The van der Waals surface area contributed by atoms with Gasteiger partial charge in [0, 0.05) is 5.92 Å². The lowest BCUT2D eigenvalue weighted by molar-refractivity contribution is 0.103. The first-order valence-corrected chi connectivity index (χ1v) is 7.04. The zero-order valence-corrected chi connectivity index (χ0v) is 12.7. The van der Waals surface area contributed by atoms with E-state index in [1.54, 1.807) is 0 Å². The second-order valence-corrected chi connectivity index (χ2v) is 8.46. The molecule has 0 aromatic heterocycles. The Labute approximate surface area is 114 Å². The van der Waals surface area contributed by atoms with Crippen molar-refractivity contribution in [3.8, 4) is 0 Å². The predicted octanol–water partition coefficient (Wildman–Crippen LogP) is 4.35. The highest BCUT2D eigenvalue weighted by molar-refractivity contribution is 9.25. The number of ether oxygens (including phenoxy) is 1. The number of halogens is 2. The van der Waals surface area contributed by atoms with Crippen molar-refractivity contribution >= 4 is 31.9 Å². The fraction of sp³-hybridized carbons (Fsp3) is 0.538. The normalized spacial score (nSPS) is 25.4. The Morgan fingerprint density at radius 3 is 2.25 bits per heavy atom. The largest absolute Gasteiger partial charge is 0.376 e. The van der Waals surface area contributed by atoms with Crippen LogP contribution >= 0.6 is 31.9 Å². The van der Waals surface area contributed by atoms with Gasteiger partial charge in [0.2, 0.25) is 0 Å². The van der Waals surface area contributed by atoms with Gasteiger partial charge >= 0.3 is 0 Å². The molecule has 1 atom stereocenters. The quantitative estimate of drug-likeness (QED) is 0.736. The molecule has 1 aliphatic carbocycles. The van der Waals surface area contributed by atoms with E-state index in [2.05, 4.69) is 57.8 Å². The summed E-state index contributed by atoms with van der Waals surface area (Å²) in [7, 11) is 0. The van der Waals surface area contributed by atoms with E-state index in [9.17, 15) is 0 Å².